The quantitative estimate of drug-likeness (QED) is 0.127. The molecule has 0 saturated heterocycles. The number of hydrogen-bond donors (Lipinski definition) is 2. The maximum Gasteiger partial charge on any atom is 0.147 e. The van der Waals surface area contributed by atoms with Crippen LogP contribution in [0.3, 0.4) is 0 Å². The van der Waals surface area contributed by atoms with Gasteiger partial charge in [0.25, 0.3) is 0 Å². The van der Waals surface area contributed by atoms with Gasteiger partial charge in [-0.2, -0.15) is 0 Å². The minimum atomic E-state index is -0.206. The Morgan fingerprint density at radius 1 is 0.377 bits per heavy atom. The Morgan fingerprint density at radius 3 is 1.03 bits per heavy atom. The van der Waals surface area contributed by atoms with Crippen molar-refractivity contribution in [3.05, 3.63) is 202 Å². The van der Waals surface area contributed by atoms with Crippen LogP contribution in [0.4, 0.5) is 34.1 Å². The van der Waals surface area contributed by atoms with Crippen molar-refractivity contribution in [2.75, 3.05) is 9.80 Å². The fourth-order valence-electron chi connectivity index (χ4n) is 9.90. The van der Waals surface area contributed by atoms with Gasteiger partial charge in [0, 0.05) is 28.7 Å². The molecule has 2 heterocycles. The molecule has 6 heteroatoms. The number of rotatable bonds is 12. The molecule has 2 N–H and O–H groups in total. The lowest BCUT2D eigenvalue weighted by molar-refractivity contribution is 0.106. The maximum absolute atomic E-state index is 12.5. The van der Waals surface area contributed by atoms with Crippen LogP contribution in [-0.4, -0.2) is 22.4 Å². The Morgan fingerprint density at radius 2 is 0.696 bits per heavy atom. The molecule has 0 fully saturated rings. The van der Waals surface area contributed by atoms with Crippen molar-refractivity contribution in [1.29, 1.82) is 0 Å². The topological polar surface area (TPSA) is 65.4 Å². The zero-order valence-electron chi connectivity index (χ0n) is 40.2. The summed E-state index contributed by atoms with van der Waals surface area (Å²) in [5.74, 6) is 1.77. The van der Waals surface area contributed by atoms with E-state index in [0.717, 1.165) is 91.2 Å². The molecule has 344 valence electrons. The van der Waals surface area contributed by atoms with E-state index in [4.69, 9.17) is 9.47 Å². The highest BCUT2D eigenvalue weighted by atomic mass is 16.5. The van der Waals surface area contributed by atoms with Crippen molar-refractivity contribution >= 4 is 58.4 Å². The normalized spacial score (nSPS) is 13.4. The van der Waals surface area contributed by atoms with E-state index in [0.29, 0.717) is 40.4 Å². The number of phenolic OH excluding ortho intramolecular Hbond substituents is 2. The SMILES string of the molecule is CC[C@H](C[C@H](CC)Oc1ccc(C)cc1-c1cc(C)cc(N2c3ccccc3C=Cc3ccccc32)c1O)Oc1ccc(C)cc1-c1cc(C)cc(N2c3ccccc3C=Cc3ccccc32)c1O. The second-order valence-corrected chi connectivity index (χ2v) is 18.5. The van der Waals surface area contributed by atoms with Crippen LogP contribution < -0.4 is 19.3 Å². The smallest absolute Gasteiger partial charge is 0.147 e. The number of phenols is 2. The van der Waals surface area contributed by atoms with E-state index in [1.165, 1.54) is 0 Å². The first-order valence-electron chi connectivity index (χ1n) is 24.1. The first-order chi connectivity index (χ1) is 33.6. The summed E-state index contributed by atoms with van der Waals surface area (Å²) in [6.07, 6.45) is 10.3. The summed E-state index contributed by atoms with van der Waals surface area (Å²) in [7, 11) is 0. The minimum Gasteiger partial charge on any atom is -0.505 e. The molecule has 2 aliphatic rings. The average molecular weight is 907 g/mol. The van der Waals surface area contributed by atoms with Gasteiger partial charge < -0.3 is 29.5 Å². The molecular weight excluding hydrogens is 849 g/mol. The maximum atomic E-state index is 12.5. The molecule has 6 nitrogen and oxygen atoms in total. The minimum absolute atomic E-state index is 0.181. The first-order valence-corrected chi connectivity index (χ1v) is 24.1. The Hall–Kier alpha value is -7.96. The summed E-state index contributed by atoms with van der Waals surface area (Å²) in [4.78, 5) is 4.35. The summed E-state index contributed by atoms with van der Waals surface area (Å²) in [6.45, 7) is 12.6. The van der Waals surface area contributed by atoms with Crippen molar-refractivity contribution in [3.63, 3.8) is 0 Å². The molecule has 0 amide bonds. The molecule has 2 atom stereocenters. The van der Waals surface area contributed by atoms with E-state index < -0.39 is 0 Å². The van der Waals surface area contributed by atoms with Crippen molar-refractivity contribution in [2.45, 2.75) is 73.0 Å². The molecule has 8 aromatic carbocycles. The van der Waals surface area contributed by atoms with Crippen LogP contribution in [0, 0.1) is 27.7 Å². The van der Waals surface area contributed by atoms with Gasteiger partial charge in [-0.25, -0.2) is 0 Å². The van der Waals surface area contributed by atoms with Gasteiger partial charge in [-0.1, -0.05) is 134 Å². The van der Waals surface area contributed by atoms with Gasteiger partial charge in [0.05, 0.1) is 34.1 Å². The predicted octanol–water partition coefficient (Wildman–Crippen LogP) is 17.0. The summed E-state index contributed by atoms with van der Waals surface area (Å²) in [6, 6.07) is 53.9. The lowest BCUT2D eigenvalue weighted by atomic mass is 9.97. The highest BCUT2D eigenvalue weighted by molar-refractivity contribution is 5.98. The number of aromatic hydroxyl groups is 2. The number of ether oxygens (including phenoxy) is 2. The Balaban J connectivity index is 0.972. The van der Waals surface area contributed by atoms with Crippen LogP contribution >= 0.6 is 0 Å². The fraction of sp³-hybridized carbons (Fsp3) is 0.175. The van der Waals surface area contributed by atoms with Crippen LogP contribution in [0.5, 0.6) is 23.0 Å². The van der Waals surface area contributed by atoms with Crippen molar-refractivity contribution in [2.24, 2.45) is 0 Å². The average Bonchev–Trinajstić information content (AvgIpc) is 3.64. The van der Waals surface area contributed by atoms with Crippen LogP contribution in [0.1, 0.15) is 77.6 Å². The molecule has 8 aromatic rings. The van der Waals surface area contributed by atoms with Gasteiger partial charge in [-0.15, -0.1) is 0 Å². The van der Waals surface area contributed by atoms with E-state index in [1.807, 2.05) is 60.7 Å². The molecule has 10 rings (SSSR count). The summed E-state index contributed by atoms with van der Waals surface area (Å²) in [5.41, 5.74) is 16.9. The number of benzene rings is 8. The standard InChI is InChI=1S/C63H58N2O4/c1-7-48(68-60-31-25-40(3)33-50(60)52-35-42(5)37-58(62(52)66)64-54-21-13-9-17-44(54)27-28-45-18-10-14-22-55(45)64)39-49(8-2)69-61-32-26-41(4)34-51(61)53-36-43(6)38-59(63(53)67)65-56-23-15-11-19-46(56)29-30-47-20-12-16-24-57(47)65/h9-38,48-49,66-67H,7-8,39H2,1-6H3/t48-,49+. The lowest BCUT2D eigenvalue weighted by Gasteiger charge is -2.30. The van der Waals surface area contributed by atoms with Crippen molar-refractivity contribution in [3.8, 4) is 45.3 Å². The molecule has 2 aliphatic heterocycles. The lowest BCUT2D eigenvalue weighted by Crippen LogP contribution is -2.27. The molecule has 0 saturated carbocycles. The van der Waals surface area contributed by atoms with Gasteiger partial charge in [0.1, 0.15) is 35.2 Å². The summed E-state index contributed by atoms with van der Waals surface area (Å²) < 4.78 is 14.1. The molecule has 0 spiro atoms. The van der Waals surface area contributed by atoms with E-state index in [9.17, 15) is 10.2 Å². The molecule has 0 aliphatic carbocycles. The number of anilines is 6. The highest BCUT2D eigenvalue weighted by Gasteiger charge is 2.28. The number of nitrogens with zero attached hydrogens (tertiary/aromatic N) is 2. The summed E-state index contributed by atoms with van der Waals surface area (Å²) in [5, 5.41) is 25.0. The second-order valence-electron chi connectivity index (χ2n) is 18.5. The molecule has 69 heavy (non-hydrogen) atoms. The zero-order chi connectivity index (χ0) is 47.8. The Kier molecular flexibility index (Phi) is 12.3. The third kappa shape index (κ3) is 8.75. The van der Waals surface area contributed by atoms with E-state index in [2.05, 4.69) is 173 Å². The van der Waals surface area contributed by atoms with Crippen molar-refractivity contribution in [1.82, 2.24) is 0 Å². The van der Waals surface area contributed by atoms with E-state index in [1.54, 1.807) is 0 Å². The van der Waals surface area contributed by atoms with E-state index in [-0.39, 0.29) is 23.7 Å². The van der Waals surface area contributed by atoms with Gasteiger partial charge in [-0.3, -0.25) is 0 Å². The molecule has 0 radical (unpaired) electrons. The van der Waals surface area contributed by atoms with Gasteiger partial charge in [0.2, 0.25) is 0 Å². The monoisotopic (exact) mass is 906 g/mol. The Labute approximate surface area is 406 Å². The van der Waals surface area contributed by atoms with Crippen LogP contribution in [0.15, 0.2) is 158 Å². The van der Waals surface area contributed by atoms with Crippen LogP contribution in [0.2, 0.25) is 0 Å². The molecule has 0 bridgehead atoms. The summed E-state index contributed by atoms with van der Waals surface area (Å²) >= 11 is 0. The molecular formula is C63H58N2O4. The van der Waals surface area contributed by atoms with Gasteiger partial charge >= 0.3 is 0 Å². The second kappa shape index (κ2) is 19.0. The predicted molar refractivity (Wildman–Crippen MR) is 287 cm³/mol. The van der Waals surface area contributed by atoms with Crippen LogP contribution in [0.25, 0.3) is 46.6 Å². The van der Waals surface area contributed by atoms with E-state index >= 15 is 0 Å². The first kappa shape index (κ1) is 44.9. The number of fused-ring (bicyclic) bond motifs is 4. The molecule has 0 aromatic heterocycles. The largest absolute Gasteiger partial charge is 0.505 e. The van der Waals surface area contributed by atoms with Crippen molar-refractivity contribution < 1.29 is 19.7 Å². The van der Waals surface area contributed by atoms with Gasteiger partial charge in [0.15, 0.2) is 0 Å². The third-order valence-corrected chi connectivity index (χ3v) is 13.4. The van der Waals surface area contributed by atoms with Crippen LogP contribution in [-0.2, 0) is 0 Å². The fourth-order valence-corrected chi connectivity index (χ4v) is 9.90. The van der Waals surface area contributed by atoms with Gasteiger partial charge in [-0.05, 0) is 147 Å². The third-order valence-electron chi connectivity index (χ3n) is 13.4. The zero-order valence-corrected chi connectivity index (χ0v) is 40.2. The number of hydrogen-bond acceptors (Lipinski definition) is 6. The molecule has 0 unspecified atom stereocenters. The number of aryl methyl sites for hydroxylation is 4. The Bertz CT molecular complexity index is 2980. The number of para-hydroxylation sites is 4. The highest BCUT2D eigenvalue weighted by Crippen LogP contribution is 2.52.